The molecule has 0 unspecified atom stereocenters. The van der Waals surface area contributed by atoms with Gasteiger partial charge in [0.1, 0.15) is 17.2 Å². The van der Waals surface area contributed by atoms with Crippen molar-refractivity contribution in [1.82, 2.24) is 0 Å². The monoisotopic (exact) mass is 1180 g/mol. The molecule has 22 heteroatoms. The molecule has 0 spiro atoms. The highest BCUT2D eigenvalue weighted by atomic mass is 35.5. The van der Waals surface area contributed by atoms with E-state index in [-0.39, 0.29) is 37.9 Å². The fourth-order valence-corrected chi connectivity index (χ4v) is 9.03. The molecule has 3 N–H and O–H groups in total. The van der Waals surface area contributed by atoms with Gasteiger partial charge in [-0.2, -0.15) is 43.7 Å². The predicted molar refractivity (Wildman–Crippen MR) is 310 cm³/mol. The molecule has 0 atom stereocenters. The van der Waals surface area contributed by atoms with E-state index in [0.29, 0.717) is 91.8 Å². The zero-order valence-corrected chi connectivity index (χ0v) is 49.4. The van der Waals surface area contributed by atoms with Crippen molar-refractivity contribution in [3.8, 4) is 17.2 Å². The van der Waals surface area contributed by atoms with Crippen LogP contribution in [0.5, 0.6) is 17.2 Å². The van der Waals surface area contributed by atoms with E-state index in [1.54, 1.807) is 45.2 Å². The van der Waals surface area contributed by atoms with Gasteiger partial charge in [-0.1, -0.05) is 54.1 Å². The van der Waals surface area contributed by atoms with Crippen LogP contribution in [0.2, 0.25) is 0 Å². The summed E-state index contributed by atoms with van der Waals surface area (Å²) in [6.45, 7) is 10.3. The van der Waals surface area contributed by atoms with Crippen LogP contribution in [0.25, 0.3) is 0 Å². The largest absolute Gasteiger partial charge is 0.497 e. The van der Waals surface area contributed by atoms with E-state index < -0.39 is 10.1 Å². The van der Waals surface area contributed by atoms with Crippen LogP contribution in [0, 0.1) is 6.92 Å². The maximum atomic E-state index is 12.0. The van der Waals surface area contributed by atoms with Crippen molar-refractivity contribution < 1.29 is 80.0 Å². The Bertz CT molecular complexity index is 1920. The summed E-state index contributed by atoms with van der Waals surface area (Å²) < 4.78 is 86.1. The van der Waals surface area contributed by atoms with Gasteiger partial charge in [0.05, 0.1) is 158 Å². The number of aliphatic hydroxyl groups is 3. The number of halogens is 1. The molecule has 0 aliphatic carbocycles. The first-order chi connectivity index (χ1) is 37.7. The Morgan fingerprint density at radius 1 is 0.390 bits per heavy atom. The van der Waals surface area contributed by atoms with Gasteiger partial charge < -0.3 is 67.4 Å². The maximum Gasteiger partial charge on any atom is 0.297 e. The van der Waals surface area contributed by atoms with Crippen LogP contribution in [-0.2, 0) is 69.5 Å². The van der Waals surface area contributed by atoms with E-state index in [4.69, 9.17) is 83.2 Å². The summed E-state index contributed by atoms with van der Waals surface area (Å²) in [4.78, 5) is 0.151. The van der Waals surface area contributed by atoms with Crippen molar-refractivity contribution in [3.63, 3.8) is 0 Å². The van der Waals surface area contributed by atoms with Gasteiger partial charge in [0, 0.05) is 40.4 Å². The molecule has 0 bridgehead atoms. The molecule has 0 fully saturated rings. The summed E-state index contributed by atoms with van der Waals surface area (Å²) in [6, 6.07) is 30.8. The zero-order chi connectivity index (χ0) is 56.1. The lowest BCUT2D eigenvalue weighted by molar-refractivity contribution is 0.0375. The van der Waals surface area contributed by atoms with Gasteiger partial charge in [-0.05, 0) is 72.1 Å². The van der Waals surface area contributed by atoms with Gasteiger partial charge >= 0.3 is 0 Å². The lowest BCUT2D eigenvalue weighted by Crippen LogP contribution is -2.14. The summed E-state index contributed by atoms with van der Waals surface area (Å²) in [6.07, 6.45) is 0. The highest BCUT2D eigenvalue weighted by molar-refractivity contribution is 7.98. The van der Waals surface area contributed by atoms with E-state index in [0.717, 1.165) is 70.5 Å². The van der Waals surface area contributed by atoms with Crippen molar-refractivity contribution in [2.45, 2.75) is 29.1 Å². The Morgan fingerprint density at radius 2 is 0.675 bits per heavy atom. The van der Waals surface area contributed by atoms with Crippen LogP contribution in [0.15, 0.2) is 102 Å². The number of hydrogen-bond acceptors (Lipinski definition) is 20. The lowest BCUT2D eigenvalue weighted by atomic mass is 10.2. The third kappa shape index (κ3) is 42.6. The second-order valence-corrected chi connectivity index (χ2v) is 20.9. The second-order valence-electron chi connectivity index (χ2n) is 15.5. The molecular formula is C55H85ClO17S4. The van der Waals surface area contributed by atoms with Gasteiger partial charge in [0.2, 0.25) is 0 Å². The highest BCUT2D eigenvalue weighted by Gasteiger charge is 2.14. The predicted octanol–water partition coefficient (Wildman–Crippen LogP) is 7.83. The lowest BCUT2D eigenvalue weighted by Gasteiger charge is -2.08. The third-order valence-corrected chi connectivity index (χ3v) is 14.1. The molecule has 17 nitrogen and oxygen atoms in total. The van der Waals surface area contributed by atoms with Crippen molar-refractivity contribution in [1.29, 1.82) is 0 Å². The number of benzene rings is 4. The average molecular weight is 1180 g/mol. The van der Waals surface area contributed by atoms with Gasteiger partial charge in [-0.15, -0.1) is 11.6 Å². The SMILES string of the molecule is COc1ccc(CSCCOCCOCCO)cc1.COc1ccc(CSCCOCCOCCO)cc1.COc1ccc(CSCCOCCOCCOS(=O)(=O)c2ccc(C)cc2)cc1.OCCOCCOCCCl. The summed E-state index contributed by atoms with van der Waals surface area (Å²) in [7, 11) is 1.27. The minimum atomic E-state index is -3.73. The van der Waals surface area contributed by atoms with Gasteiger partial charge in [-0.25, -0.2) is 0 Å². The number of thioether (sulfide) groups is 3. The topological polar surface area (TPSA) is 206 Å². The molecule has 4 aromatic carbocycles. The molecule has 0 saturated heterocycles. The molecule has 0 aromatic heterocycles. The molecule has 0 aliphatic heterocycles. The highest BCUT2D eigenvalue weighted by Crippen LogP contribution is 2.19. The van der Waals surface area contributed by atoms with Crippen LogP contribution in [-0.4, -0.2) is 200 Å². The normalized spacial score (nSPS) is 10.9. The smallest absolute Gasteiger partial charge is 0.297 e. The second kappa shape index (κ2) is 52.5. The van der Waals surface area contributed by atoms with Gasteiger partial charge in [-0.3, -0.25) is 4.18 Å². The van der Waals surface area contributed by atoms with Gasteiger partial charge in [0.15, 0.2) is 0 Å². The first kappa shape index (κ1) is 72.1. The fourth-order valence-electron chi connectivity index (χ4n) is 5.60. The van der Waals surface area contributed by atoms with Crippen LogP contribution < -0.4 is 14.2 Å². The molecule has 0 amide bonds. The number of aliphatic hydroxyl groups excluding tert-OH is 3. The number of aryl methyl sites for hydroxylation is 1. The Morgan fingerprint density at radius 3 is 0.974 bits per heavy atom. The molecule has 0 saturated carbocycles. The summed E-state index contributed by atoms with van der Waals surface area (Å²) in [5.74, 6) is 8.86. The van der Waals surface area contributed by atoms with E-state index in [2.05, 4.69) is 36.4 Å². The number of methoxy groups -OCH3 is 3. The van der Waals surface area contributed by atoms with Crippen molar-refractivity contribution in [2.75, 3.05) is 177 Å². The Balaban J connectivity index is 0.000000545. The molecule has 77 heavy (non-hydrogen) atoms. The average Bonchev–Trinajstić information content (AvgIpc) is 3.45. The minimum Gasteiger partial charge on any atom is -0.497 e. The van der Waals surface area contributed by atoms with Crippen molar-refractivity contribution in [3.05, 3.63) is 119 Å². The van der Waals surface area contributed by atoms with Crippen molar-refractivity contribution >= 4 is 57.0 Å². The molecule has 438 valence electrons. The Labute approximate surface area is 476 Å². The Kier molecular flexibility index (Phi) is 49.1. The van der Waals surface area contributed by atoms with E-state index >= 15 is 0 Å². The summed E-state index contributed by atoms with van der Waals surface area (Å²) >= 11 is 10.8. The van der Waals surface area contributed by atoms with Crippen LogP contribution >= 0.6 is 46.9 Å². The van der Waals surface area contributed by atoms with Crippen LogP contribution in [0.1, 0.15) is 22.3 Å². The first-order valence-corrected chi connectivity index (χ1v) is 30.6. The van der Waals surface area contributed by atoms with E-state index in [1.165, 1.54) is 28.8 Å². The van der Waals surface area contributed by atoms with Crippen LogP contribution in [0.4, 0.5) is 0 Å². The standard InChI is InChI=1S/C21H28O6S2.2C14H22O4S.C6H13ClO3/c1-18-3-9-21(10-4-18)29(22,23)27-14-13-25-11-12-26-15-16-28-17-19-5-7-20(24-2)8-6-19;2*1-16-14-4-2-13(3-5-14)12-19-11-10-18-9-8-17-7-6-15;7-1-3-9-5-6-10-4-2-8/h3-10H,11-17H2,1-2H3;2*2-5,15H,6-12H2,1H3;8H,1-6H2. The van der Waals surface area contributed by atoms with E-state index in [9.17, 15) is 8.42 Å². The number of alkyl halides is 1. The molecule has 4 aromatic rings. The molecule has 0 heterocycles. The van der Waals surface area contributed by atoms with Gasteiger partial charge in [0.25, 0.3) is 10.1 Å². The Hall–Kier alpha value is -2.91. The molecular weight excluding hydrogens is 1100 g/mol. The maximum absolute atomic E-state index is 12.0. The fraction of sp³-hybridized carbons (Fsp3) is 0.564. The summed E-state index contributed by atoms with van der Waals surface area (Å²) in [5.41, 5.74) is 4.82. The number of hydrogen-bond donors (Lipinski definition) is 3. The molecule has 0 aliphatic rings. The summed E-state index contributed by atoms with van der Waals surface area (Å²) in [5, 5.41) is 25.3. The number of ether oxygens (including phenoxy) is 11. The quantitative estimate of drug-likeness (QED) is 0.0219. The first-order valence-electron chi connectivity index (χ1n) is 25.2. The van der Waals surface area contributed by atoms with Crippen LogP contribution in [0.3, 0.4) is 0 Å². The minimum absolute atomic E-state index is 0.0199. The van der Waals surface area contributed by atoms with E-state index in [1.807, 2.05) is 66.8 Å². The third-order valence-electron chi connectivity index (χ3n) is 9.59. The zero-order valence-electron chi connectivity index (χ0n) is 45.4. The van der Waals surface area contributed by atoms with Crippen molar-refractivity contribution in [2.24, 2.45) is 0 Å². The number of rotatable bonds is 43. The molecule has 4 rings (SSSR count). The molecule has 0 radical (unpaired) electrons.